The third-order valence-corrected chi connectivity index (χ3v) is 6.31. The average Bonchev–Trinajstić information content (AvgIpc) is 3.29. The van der Waals surface area contributed by atoms with Gasteiger partial charge in [-0.05, 0) is 38.5 Å². The molecule has 1 amide bonds. The van der Waals surface area contributed by atoms with E-state index in [2.05, 4.69) is 15.1 Å². The topological polar surface area (TPSA) is 104 Å². The molecule has 4 heterocycles. The Labute approximate surface area is 195 Å². The van der Waals surface area contributed by atoms with Crippen molar-refractivity contribution in [3.63, 3.8) is 0 Å². The molecule has 0 radical (unpaired) electrons. The zero-order valence-electron chi connectivity index (χ0n) is 18.9. The van der Waals surface area contributed by atoms with Gasteiger partial charge in [0.25, 0.3) is 5.91 Å². The number of methoxy groups -OCH3 is 1. The highest BCUT2D eigenvalue weighted by Gasteiger charge is 2.30. The quantitative estimate of drug-likeness (QED) is 0.497. The first-order valence-corrected chi connectivity index (χ1v) is 11.0. The number of aromatic nitrogens is 5. The molecule has 0 saturated carbocycles. The van der Waals surface area contributed by atoms with Crippen molar-refractivity contribution in [2.24, 2.45) is 0 Å². The summed E-state index contributed by atoms with van der Waals surface area (Å²) in [5.41, 5.74) is 10.4. The van der Waals surface area contributed by atoms with Gasteiger partial charge in [0.05, 0.1) is 36.5 Å². The number of fused-ring (bicyclic) bond motifs is 2. The molecule has 1 aromatic carbocycles. The van der Waals surface area contributed by atoms with Gasteiger partial charge < -0.3 is 15.4 Å². The molecule has 0 unspecified atom stereocenters. The number of halogens is 1. The lowest BCUT2D eigenvalue weighted by Crippen LogP contribution is -2.39. The van der Waals surface area contributed by atoms with Crippen LogP contribution in [0.2, 0.25) is 5.02 Å². The molecule has 0 saturated heterocycles. The van der Waals surface area contributed by atoms with Gasteiger partial charge in [-0.1, -0.05) is 17.7 Å². The predicted octanol–water partition coefficient (Wildman–Crippen LogP) is 3.44. The van der Waals surface area contributed by atoms with Crippen LogP contribution in [-0.2, 0) is 13.1 Å². The zero-order valence-corrected chi connectivity index (χ0v) is 19.6. The molecule has 1 aliphatic rings. The number of anilines is 1. The fourth-order valence-electron chi connectivity index (χ4n) is 4.58. The van der Waals surface area contributed by atoms with Crippen molar-refractivity contribution in [2.45, 2.75) is 33.9 Å². The van der Waals surface area contributed by atoms with Crippen LogP contribution < -0.4 is 10.5 Å². The number of benzene rings is 1. The Bertz CT molecular complexity index is 1420. The van der Waals surface area contributed by atoms with Crippen LogP contribution in [0.15, 0.2) is 24.4 Å². The van der Waals surface area contributed by atoms with E-state index in [9.17, 15) is 4.79 Å². The lowest BCUT2D eigenvalue weighted by Gasteiger charge is -2.27. The summed E-state index contributed by atoms with van der Waals surface area (Å²) in [4.78, 5) is 24.5. The lowest BCUT2D eigenvalue weighted by molar-refractivity contribution is 0.0705. The van der Waals surface area contributed by atoms with Crippen molar-refractivity contribution in [3.8, 4) is 11.4 Å². The van der Waals surface area contributed by atoms with Gasteiger partial charge in [0.2, 0.25) is 0 Å². The van der Waals surface area contributed by atoms with Crippen LogP contribution in [0.5, 0.6) is 5.75 Å². The minimum absolute atomic E-state index is 0.189. The molecule has 0 spiro atoms. The highest BCUT2D eigenvalue weighted by atomic mass is 35.5. The lowest BCUT2D eigenvalue weighted by atomic mass is 10.1. The van der Waals surface area contributed by atoms with Crippen molar-refractivity contribution in [1.29, 1.82) is 0 Å². The number of hydrogen-bond acceptors (Lipinski definition) is 6. The SMILES string of the molecule is COc1ccc(C)c(-n2c(N)c(C(=O)N3CCn4nc(C)nc4C3)c3cc(Cl)cnc32)c1C. The van der Waals surface area contributed by atoms with Crippen LogP contribution in [0.4, 0.5) is 5.82 Å². The maximum atomic E-state index is 13.8. The summed E-state index contributed by atoms with van der Waals surface area (Å²) >= 11 is 6.29. The Morgan fingerprint density at radius 2 is 2.00 bits per heavy atom. The predicted molar refractivity (Wildman–Crippen MR) is 126 cm³/mol. The molecule has 33 heavy (non-hydrogen) atoms. The van der Waals surface area contributed by atoms with Gasteiger partial charge in [0.15, 0.2) is 0 Å². The maximum absolute atomic E-state index is 13.8. The number of amides is 1. The molecular weight excluding hydrogens is 442 g/mol. The summed E-state index contributed by atoms with van der Waals surface area (Å²) in [7, 11) is 1.63. The van der Waals surface area contributed by atoms with Crippen LogP contribution >= 0.6 is 11.6 Å². The third kappa shape index (κ3) is 3.31. The molecule has 0 atom stereocenters. The second kappa shape index (κ2) is 7.77. The summed E-state index contributed by atoms with van der Waals surface area (Å²) in [6.45, 7) is 7.24. The number of nitrogens with two attached hydrogens (primary N) is 1. The number of nitrogen functional groups attached to an aromatic ring is 1. The molecule has 0 bridgehead atoms. The number of pyridine rings is 1. The minimum Gasteiger partial charge on any atom is -0.496 e. The van der Waals surface area contributed by atoms with E-state index >= 15 is 0 Å². The molecule has 4 aromatic rings. The first-order chi connectivity index (χ1) is 15.8. The van der Waals surface area contributed by atoms with E-state index in [1.165, 1.54) is 0 Å². The molecule has 5 rings (SSSR count). The van der Waals surface area contributed by atoms with E-state index in [1.807, 2.05) is 42.2 Å². The normalized spacial score (nSPS) is 13.4. The van der Waals surface area contributed by atoms with E-state index in [1.54, 1.807) is 24.3 Å². The monoisotopic (exact) mass is 465 g/mol. The zero-order chi connectivity index (χ0) is 23.4. The van der Waals surface area contributed by atoms with E-state index in [-0.39, 0.29) is 5.91 Å². The van der Waals surface area contributed by atoms with E-state index in [4.69, 9.17) is 22.1 Å². The highest BCUT2D eigenvalue weighted by molar-refractivity contribution is 6.31. The highest BCUT2D eigenvalue weighted by Crippen LogP contribution is 2.37. The third-order valence-electron chi connectivity index (χ3n) is 6.11. The molecule has 2 N–H and O–H groups in total. The van der Waals surface area contributed by atoms with Gasteiger partial charge in [-0.3, -0.25) is 9.36 Å². The summed E-state index contributed by atoms with van der Waals surface area (Å²) in [5.74, 6) is 2.29. The summed E-state index contributed by atoms with van der Waals surface area (Å²) in [6.07, 6.45) is 1.56. The Hall–Kier alpha value is -3.59. The number of ether oxygens (including phenoxy) is 1. The second-order valence-corrected chi connectivity index (χ2v) is 8.64. The van der Waals surface area contributed by atoms with Crippen molar-refractivity contribution < 1.29 is 9.53 Å². The first-order valence-electron chi connectivity index (χ1n) is 10.6. The van der Waals surface area contributed by atoms with E-state index < -0.39 is 0 Å². The van der Waals surface area contributed by atoms with Gasteiger partial charge in [0.1, 0.15) is 28.9 Å². The van der Waals surface area contributed by atoms with Gasteiger partial charge in [0, 0.05) is 23.7 Å². The number of nitrogens with zero attached hydrogens (tertiary/aromatic N) is 6. The molecule has 3 aromatic heterocycles. The molecule has 9 nitrogen and oxygen atoms in total. The van der Waals surface area contributed by atoms with Gasteiger partial charge in [-0.2, -0.15) is 5.10 Å². The van der Waals surface area contributed by atoms with Crippen molar-refractivity contribution in [3.05, 3.63) is 57.8 Å². The fourth-order valence-corrected chi connectivity index (χ4v) is 4.74. The molecule has 0 aliphatic carbocycles. The van der Waals surface area contributed by atoms with Crippen LogP contribution in [0.3, 0.4) is 0 Å². The molecule has 170 valence electrons. The average molecular weight is 466 g/mol. The summed E-state index contributed by atoms with van der Waals surface area (Å²) < 4.78 is 9.19. The van der Waals surface area contributed by atoms with Gasteiger partial charge >= 0.3 is 0 Å². The van der Waals surface area contributed by atoms with Crippen LogP contribution in [-0.4, -0.2) is 48.8 Å². The van der Waals surface area contributed by atoms with Crippen LogP contribution in [0.1, 0.15) is 33.1 Å². The summed E-state index contributed by atoms with van der Waals surface area (Å²) in [5, 5.41) is 5.41. The molecule has 1 aliphatic heterocycles. The number of carbonyl (C=O) groups excluding carboxylic acids is 1. The second-order valence-electron chi connectivity index (χ2n) is 8.20. The van der Waals surface area contributed by atoms with Crippen LogP contribution in [0.25, 0.3) is 16.7 Å². The minimum atomic E-state index is -0.189. The number of rotatable bonds is 3. The standard InChI is InChI=1S/C23H24ClN7O2/c1-12-5-6-17(33-4)13(2)20(12)31-21(25)19(16-9-15(24)10-26-22(16)31)23(32)29-7-8-30-18(11-29)27-14(3)28-30/h5-6,9-10H,7-8,11,25H2,1-4H3. The molecular formula is C23H24ClN7O2. The molecule has 10 heteroatoms. The number of aryl methyl sites for hydroxylation is 2. The fraction of sp³-hybridized carbons (Fsp3) is 0.304. The Morgan fingerprint density at radius 1 is 1.21 bits per heavy atom. The van der Waals surface area contributed by atoms with E-state index in [0.717, 1.165) is 28.4 Å². The maximum Gasteiger partial charge on any atom is 0.258 e. The number of carbonyl (C=O) groups is 1. The Balaban J connectivity index is 1.70. The smallest absolute Gasteiger partial charge is 0.258 e. The van der Waals surface area contributed by atoms with Crippen molar-refractivity contribution in [2.75, 3.05) is 19.4 Å². The molecule has 0 fully saturated rings. The van der Waals surface area contributed by atoms with Crippen molar-refractivity contribution >= 4 is 34.4 Å². The van der Waals surface area contributed by atoms with Gasteiger partial charge in [-0.25, -0.2) is 14.6 Å². The van der Waals surface area contributed by atoms with Crippen molar-refractivity contribution in [1.82, 2.24) is 29.2 Å². The summed E-state index contributed by atoms with van der Waals surface area (Å²) in [6, 6.07) is 5.62. The Kier molecular flexibility index (Phi) is 5.01. The van der Waals surface area contributed by atoms with Gasteiger partial charge in [-0.15, -0.1) is 0 Å². The van der Waals surface area contributed by atoms with Crippen LogP contribution in [0, 0.1) is 20.8 Å². The number of hydrogen-bond donors (Lipinski definition) is 1. The van der Waals surface area contributed by atoms with E-state index in [0.29, 0.717) is 52.9 Å². The Morgan fingerprint density at radius 3 is 2.76 bits per heavy atom. The largest absolute Gasteiger partial charge is 0.496 e. The first kappa shape index (κ1) is 21.3.